The maximum absolute atomic E-state index is 11.4. The zero-order valence-corrected chi connectivity index (χ0v) is 16.1. The number of carbonyl (C=O) groups is 1. The second-order valence-electron chi connectivity index (χ2n) is 6.86. The van der Waals surface area contributed by atoms with Crippen molar-refractivity contribution < 1.29 is 14.6 Å². The molecule has 1 heterocycles. The molecule has 0 aliphatic rings. The minimum absolute atomic E-state index is 0.0305. The summed E-state index contributed by atoms with van der Waals surface area (Å²) in [5.41, 5.74) is 5.14. The quantitative estimate of drug-likeness (QED) is 0.727. The highest BCUT2D eigenvalue weighted by molar-refractivity contribution is 5.90. The van der Waals surface area contributed by atoms with Gasteiger partial charge in [-0.3, -0.25) is 4.79 Å². The number of anilines is 1. The number of aryl methyl sites for hydroxylation is 2. The van der Waals surface area contributed by atoms with E-state index in [2.05, 4.69) is 31.0 Å². The number of nitrogens with zero attached hydrogens (tertiary/aromatic N) is 3. The van der Waals surface area contributed by atoms with Gasteiger partial charge < -0.3 is 19.3 Å². The highest BCUT2D eigenvalue weighted by atomic mass is 16.5. The molecule has 6 heteroatoms. The number of aromatic nitrogens is 2. The molecule has 142 valence electrons. The van der Waals surface area contributed by atoms with Crippen molar-refractivity contribution in [2.24, 2.45) is 0 Å². The van der Waals surface area contributed by atoms with Crippen molar-refractivity contribution in [2.75, 3.05) is 18.6 Å². The fourth-order valence-electron chi connectivity index (χ4n) is 2.88. The normalized spacial score (nSPS) is 12.2. The third-order valence-electron chi connectivity index (χ3n) is 4.78. The second-order valence-corrected chi connectivity index (χ2v) is 6.86. The Morgan fingerprint density at radius 2 is 1.89 bits per heavy atom. The molecular formula is C21H25N3O3. The maximum Gasteiger partial charge on any atom is 0.223 e. The third-order valence-corrected chi connectivity index (χ3v) is 4.78. The van der Waals surface area contributed by atoms with Crippen LogP contribution in [0, 0.1) is 13.8 Å². The van der Waals surface area contributed by atoms with Crippen molar-refractivity contribution in [3.05, 3.63) is 53.9 Å². The molecule has 0 fully saturated rings. The molecule has 0 saturated carbocycles. The van der Waals surface area contributed by atoms with Crippen LogP contribution in [0.2, 0.25) is 0 Å². The fraction of sp³-hybridized carbons (Fsp3) is 0.333. The van der Waals surface area contributed by atoms with Gasteiger partial charge >= 0.3 is 0 Å². The molecule has 0 aliphatic carbocycles. The van der Waals surface area contributed by atoms with Crippen LogP contribution in [-0.2, 0) is 11.3 Å². The zero-order chi connectivity index (χ0) is 19.6. The molecule has 0 unspecified atom stereocenters. The van der Waals surface area contributed by atoms with Crippen molar-refractivity contribution in [1.82, 2.24) is 9.55 Å². The first kappa shape index (κ1) is 18.9. The van der Waals surface area contributed by atoms with Crippen molar-refractivity contribution in [2.45, 2.75) is 33.4 Å². The van der Waals surface area contributed by atoms with E-state index in [1.807, 2.05) is 16.7 Å². The van der Waals surface area contributed by atoms with Gasteiger partial charge in [0.15, 0.2) is 0 Å². The van der Waals surface area contributed by atoms with Crippen LogP contribution in [0.15, 0.2) is 42.7 Å². The summed E-state index contributed by atoms with van der Waals surface area (Å²) < 4.78 is 7.62. The van der Waals surface area contributed by atoms with Gasteiger partial charge in [-0.05, 0) is 61.4 Å². The van der Waals surface area contributed by atoms with Crippen LogP contribution in [0.5, 0.6) is 5.75 Å². The summed E-state index contributed by atoms with van der Waals surface area (Å²) >= 11 is 0. The van der Waals surface area contributed by atoms with Gasteiger partial charge in [0.2, 0.25) is 5.91 Å². The summed E-state index contributed by atoms with van der Waals surface area (Å²) in [4.78, 5) is 17.4. The van der Waals surface area contributed by atoms with Gasteiger partial charge in [0.1, 0.15) is 18.5 Å². The molecule has 0 aliphatic heterocycles. The summed E-state index contributed by atoms with van der Waals surface area (Å²) in [7, 11) is 1.72. The summed E-state index contributed by atoms with van der Waals surface area (Å²) in [6, 6.07) is 11.4. The third kappa shape index (κ3) is 4.28. The van der Waals surface area contributed by atoms with E-state index in [9.17, 15) is 9.90 Å². The van der Waals surface area contributed by atoms with Gasteiger partial charge in [0.25, 0.3) is 0 Å². The molecule has 2 aromatic carbocycles. The van der Waals surface area contributed by atoms with Crippen molar-refractivity contribution in [1.29, 1.82) is 0 Å². The number of amides is 1. The van der Waals surface area contributed by atoms with Gasteiger partial charge in [0.05, 0.1) is 23.9 Å². The Morgan fingerprint density at radius 3 is 2.56 bits per heavy atom. The Bertz CT molecular complexity index is 947. The molecule has 3 rings (SSSR count). The lowest BCUT2D eigenvalue weighted by atomic mass is 10.1. The van der Waals surface area contributed by atoms with Crippen LogP contribution in [0.25, 0.3) is 11.0 Å². The van der Waals surface area contributed by atoms with Crippen molar-refractivity contribution in [3.8, 4) is 5.75 Å². The number of benzene rings is 2. The van der Waals surface area contributed by atoms with E-state index < -0.39 is 6.10 Å². The smallest absolute Gasteiger partial charge is 0.223 e. The highest BCUT2D eigenvalue weighted by Gasteiger charge is 2.11. The number of rotatable bonds is 6. The molecule has 0 radical (unpaired) electrons. The predicted octanol–water partition coefficient (Wildman–Crippen LogP) is 3.08. The first-order chi connectivity index (χ1) is 12.8. The van der Waals surface area contributed by atoms with Crippen molar-refractivity contribution >= 4 is 22.6 Å². The molecule has 0 bridgehead atoms. The monoisotopic (exact) mass is 367 g/mol. The van der Waals surface area contributed by atoms with Crippen molar-refractivity contribution in [3.63, 3.8) is 0 Å². The molecule has 6 nitrogen and oxygen atoms in total. The molecular weight excluding hydrogens is 342 g/mol. The number of ether oxygens (including phenoxy) is 1. The molecule has 1 N–H and O–H groups in total. The lowest BCUT2D eigenvalue weighted by Gasteiger charge is -2.16. The first-order valence-electron chi connectivity index (χ1n) is 8.92. The Balaban J connectivity index is 1.61. The molecule has 3 aromatic rings. The van der Waals surface area contributed by atoms with E-state index in [1.54, 1.807) is 30.4 Å². The predicted molar refractivity (Wildman–Crippen MR) is 106 cm³/mol. The summed E-state index contributed by atoms with van der Waals surface area (Å²) in [6.07, 6.45) is 1.09. The number of fused-ring (bicyclic) bond motifs is 1. The maximum atomic E-state index is 11.4. The largest absolute Gasteiger partial charge is 0.491 e. The Labute approximate surface area is 159 Å². The summed E-state index contributed by atoms with van der Waals surface area (Å²) in [6.45, 7) is 6.23. The Morgan fingerprint density at radius 1 is 1.22 bits per heavy atom. The number of hydrogen-bond donors (Lipinski definition) is 1. The van der Waals surface area contributed by atoms with Crippen LogP contribution < -0.4 is 9.64 Å². The van der Waals surface area contributed by atoms with Gasteiger partial charge in [-0.2, -0.15) is 0 Å². The van der Waals surface area contributed by atoms with Crippen LogP contribution in [0.3, 0.4) is 0 Å². The molecule has 1 aromatic heterocycles. The molecule has 1 amide bonds. The van der Waals surface area contributed by atoms with Gasteiger partial charge in [0, 0.05) is 19.7 Å². The van der Waals surface area contributed by atoms with Crippen LogP contribution in [0.4, 0.5) is 5.69 Å². The van der Waals surface area contributed by atoms with Crippen LogP contribution in [-0.4, -0.2) is 40.3 Å². The number of aliphatic hydroxyl groups excluding tert-OH is 1. The SMILES string of the molecule is CC(=O)N(C)c1ccc(OC[C@H](O)Cn2cnc3cc(C)c(C)cc32)cc1. The van der Waals surface area contributed by atoms with E-state index in [1.165, 1.54) is 18.1 Å². The van der Waals surface area contributed by atoms with Gasteiger partial charge in [-0.1, -0.05) is 0 Å². The van der Waals surface area contributed by atoms with Crippen LogP contribution >= 0.6 is 0 Å². The van der Waals surface area contributed by atoms with E-state index in [0.717, 1.165) is 16.7 Å². The summed E-state index contributed by atoms with van der Waals surface area (Å²) in [5, 5.41) is 10.4. The number of imidazole rings is 1. The standard InChI is InChI=1S/C21H25N3O3/c1-14-9-20-21(10-15(14)2)24(13-22-20)11-18(26)12-27-19-7-5-17(6-8-19)23(4)16(3)25/h5-10,13,18,26H,11-12H2,1-4H3/t18-/m1/s1. The van der Waals surface area contributed by atoms with Gasteiger partial charge in [-0.15, -0.1) is 0 Å². The number of carbonyl (C=O) groups excluding carboxylic acids is 1. The fourth-order valence-corrected chi connectivity index (χ4v) is 2.88. The number of hydrogen-bond acceptors (Lipinski definition) is 4. The first-order valence-corrected chi connectivity index (χ1v) is 8.92. The van der Waals surface area contributed by atoms with E-state index in [4.69, 9.17) is 4.74 Å². The molecule has 0 saturated heterocycles. The lowest BCUT2D eigenvalue weighted by Crippen LogP contribution is -2.23. The highest BCUT2D eigenvalue weighted by Crippen LogP contribution is 2.20. The average molecular weight is 367 g/mol. The van der Waals surface area contributed by atoms with E-state index in [-0.39, 0.29) is 12.5 Å². The molecule has 0 spiro atoms. The topological polar surface area (TPSA) is 67.6 Å². The van der Waals surface area contributed by atoms with E-state index >= 15 is 0 Å². The minimum Gasteiger partial charge on any atom is -0.491 e. The minimum atomic E-state index is -0.663. The Hall–Kier alpha value is -2.86. The number of aliphatic hydroxyl groups is 1. The molecule has 27 heavy (non-hydrogen) atoms. The summed E-state index contributed by atoms with van der Waals surface area (Å²) in [5.74, 6) is 0.619. The zero-order valence-electron chi connectivity index (χ0n) is 16.1. The average Bonchev–Trinajstić information content (AvgIpc) is 3.01. The second kappa shape index (κ2) is 7.80. The Kier molecular flexibility index (Phi) is 5.46. The van der Waals surface area contributed by atoms with Crippen LogP contribution in [0.1, 0.15) is 18.1 Å². The van der Waals surface area contributed by atoms with Gasteiger partial charge in [-0.25, -0.2) is 4.98 Å². The van der Waals surface area contributed by atoms with E-state index in [0.29, 0.717) is 12.3 Å². The lowest BCUT2D eigenvalue weighted by molar-refractivity contribution is -0.116. The molecule has 1 atom stereocenters.